The van der Waals surface area contributed by atoms with Crippen LogP contribution in [0, 0.1) is 0 Å². The number of aromatic nitrogens is 2. The van der Waals surface area contributed by atoms with Crippen LogP contribution in [0.5, 0.6) is 0 Å². The summed E-state index contributed by atoms with van der Waals surface area (Å²) in [7, 11) is -2.10. The first-order valence-corrected chi connectivity index (χ1v) is 19.2. The molecule has 0 spiro atoms. The second kappa shape index (κ2) is 11.0. The Bertz CT molecular complexity index is 2220. The van der Waals surface area contributed by atoms with Crippen molar-refractivity contribution in [2.75, 3.05) is 16.5 Å². The predicted octanol–water partition coefficient (Wildman–Crippen LogP) is 8.99. The zero-order valence-corrected chi connectivity index (χ0v) is 27.9. The molecule has 1 aliphatic heterocycles. The third kappa shape index (κ3) is 4.62. The van der Waals surface area contributed by atoms with E-state index in [0.717, 1.165) is 12.5 Å². The molecule has 1 aliphatic rings. The van der Waals surface area contributed by atoms with Crippen molar-refractivity contribution < 1.29 is 0 Å². The predicted molar refractivity (Wildman–Crippen MR) is 198 cm³/mol. The Hall–Kier alpha value is -5.13. The summed E-state index contributed by atoms with van der Waals surface area (Å²) >= 11 is 0. The van der Waals surface area contributed by atoms with E-state index in [1.54, 1.807) is 0 Å². The van der Waals surface area contributed by atoms with E-state index in [2.05, 4.69) is 175 Å². The van der Waals surface area contributed by atoms with Gasteiger partial charge in [0.2, 0.25) is 0 Å². The van der Waals surface area contributed by atoms with Crippen LogP contribution in [0.1, 0.15) is 13.8 Å². The number of anilines is 3. The highest BCUT2D eigenvalue weighted by molar-refractivity contribution is 7.00. The number of benzene rings is 5. The average molecular weight is 615 g/mol. The van der Waals surface area contributed by atoms with Crippen LogP contribution in [0.15, 0.2) is 140 Å². The van der Waals surface area contributed by atoms with Crippen LogP contribution in [0.4, 0.5) is 17.1 Å². The maximum absolute atomic E-state index is 4.91. The zero-order chi connectivity index (χ0) is 31.4. The van der Waals surface area contributed by atoms with Crippen LogP contribution in [0.3, 0.4) is 0 Å². The molecule has 0 amide bonds. The van der Waals surface area contributed by atoms with E-state index in [1.165, 1.54) is 60.4 Å². The van der Waals surface area contributed by atoms with Gasteiger partial charge in [0.1, 0.15) is 13.9 Å². The van der Waals surface area contributed by atoms with Crippen LogP contribution in [0.2, 0.25) is 13.1 Å². The van der Waals surface area contributed by atoms with Crippen LogP contribution < -0.4 is 20.2 Å². The summed E-state index contributed by atoms with van der Waals surface area (Å²) < 4.78 is 2.35. The van der Waals surface area contributed by atoms with Gasteiger partial charge < -0.3 is 9.80 Å². The first-order valence-electron chi connectivity index (χ1n) is 16.2. The summed E-state index contributed by atoms with van der Waals surface area (Å²) in [6, 6.07) is 49.2. The zero-order valence-electron chi connectivity index (χ0n) is 26.9. The average Bonchev–Trinajstić information content (AvgIpc) is 3.65. The molecule has 46 heavy (non-hydrogen) atoms. The van der Waals surface area contributed by atoms with Crippen LogP contribution >= 0.6 is 0 Å². The Morgan fingerprint density at radius 2 is 1.33 bits per heavy atom. The molecule has 0 N–H and O–H groups in total. The van der Waals surface area contributed by atoms with Crippen molar-refractivity contribution >= 4 is 57.3 Å². The largest absolute Gasteiger partial charge is 0.349 e. The molecule has 0 atom stereocenters. The van der Waals surface area contributed by atoms with E-state index < -0.39 is 8.07 Å². The lowest BCUT2D eigenvalue weighted by Gasteiger charge is -2.28. The molecule has 0 aliphatic carbocycles. The highest BCUT2D eigenvalue weighted by Crippen LogP contribution is 2.41. The maximum atomic E-state index is 4.91. The summed E-state index contributed by atoms with van der Waals surface area (Å²) in [4.78, 5) is 9.87. The Morgan fingerprint density at radius 3 is 2.15 bits per heavy atom. The molecule has 226 valence electrons. The summed E-state index contributed by atoms with van der Waals surface area (Å²) in [5.74, 6) is 0.938. The number of rotatable bonds is 6. The number of hydrogen-bond acceptors (Lipinski definition) is 3. The lowest BCUT2D eigenvalue weighted by molar-refractivity contribution is 0.709. The van der Waals surface area contributed by atoms with Crippen molar-refractivity contribution in [2.24, 2.45) is 0 Å². The Morgan fingerprint density at radius 1 is 0.609 bits per heavy atom. The van der Waals surface area contributed by atoms with E-state index in [9.17, 15) is 0 Å². The number of nitrogens with zero attached hydrogens (tertiary/aromatic N) is 4. The quantitative estimate of drug-likeness (QED) is 0.175. The highest BCUT2D eigenvalue weighted by atomic mass is 28.3. The molecule has 3 heterocycles. The van der Waals surface area contributed by atoms with Crippen molar-refractivity contribution in [3.8, 4) is 16.9 Å². The molecular formula is C41H38N4Si. The van der Waals surface area contributed by atoms with Crippen molar-refractivity contribution in [3.05, 3.63) is 140 Å². The van der Waals surface area contributed by atoms with E-state index in [1.807, 2.05) is 6.20 Å². The minimum Gasteiger partial charge on any atom is -0.349 e. The van der Waals surface area contributed by atoms with Crippen molar-refractivity contribution in [3.63, 3.8) is 0 Å². The highest BCUT2D eigenvalue weighted by Gasteiger charge is 2.31. The number of para-hydroxylation sites is 3. The standard InChI is InChI=1S/C41H38N4Si/c1-29(2)43-28-44(39-20-11-10-19-38(39)43)32-15-12-16-33(26-32)46(3,4)34-21-22-36-35-17-8-9-18-37(35)45(40(36)27-34)41-25-31(23-24-42-41)30-13-6-5-7-14-30/h5-27,29H,28H2,1-4H3. The molecule has 5 heteroatoms. The van der Waals surface area contributed by atoms with E-state index in [4.69, 9.17) is 4.98 Å². The molecule has 0 unspecified atom stereocenters. The molecule has 0 bridgehead atoms. The van der Waals surface area contributed by atoms with Crippen LogP contribution in [0.25, 0.3) is 38.8 Å². The first-order chi connectivity index (χ1) is 22.4. The lowest BCUT2D eigenvalue weighted by atomic mass is 10.1. The monoisotopic (exact) mass is 614 g/mol. The minimum absolute atomic E-state index is 0.432. The summed E-state index contributed by atoms with van der Waals surface area (Å²) in [5, 5.41) is 5.34. The van der Waals surface area contributed by atoms with Crippen molar-refractivity contribution in [1.82, 2.24) is 9.55 Å². The normalized spacial score (nSPS) is 13.2. The van der Waals surface area contributed by atoms with Gasteiger partial charge in [-0.2, -0.15) is 0 Å². The van der Waals surface area contributed by atoms with E-state index in [0.29, 0.717) is 6.04 Å². The van der Waals surface area contributed by atoms with Gasteiger partial charge in [-0.05, 0) is 73.5 Å². The fourth-order valence-electron chi connectivity index (χ4n) is 7.09. The molecule has 0 saturated carbocycles. The smallest absolute Gasteiger partial charge is 0.138 e. The van der Waals surface area contributed by atoms with Gasteiger partial charge in [0.05, 0.1) is 29.1 Å². The van der Waals surface area contributed by atoms with Gasteiger partial charge in [-0.25, -0.2) is 4.98 Å². The second-order valence-corrected chi connectivity index (χ2v) is 17.6. The Kier molecular flexibility index (Phi) is 6.80. The van der Waals surface area contributed by atoms with Gasteiger partial charge in [-0.3, -0.25) is 4.57 Å². The lowest BCUT2D eigenvalue weighted by Crippen LogP contribution is -2.53. The number of fused-ring (bicyclic) bond motifs is 4. The molecule has 2 aromatic heterocycles. The molecular weight excluding hydrogens is 577 g/mol. The maximum Gasteiger partial charge on any atom is 0.138 e. The molecule has 5 aromatic carbocycles. The second-order valence-electron chi connectivity index (χ2n) is 13.2. The topological polar surface area (TPSA) is 24.3 Å². The number of hydrogen-bond donors (Lipinski definition) is 0. The van der Waals surface area contributed by atoms with E-state index >= 15 is 0 Å². The van der Waals surface area contributed by atoms with Gasteiger partial charge in [0, 0.05) is 28.7 Å². The van der Waals surface area contributed by atoms with Crippen LogP contribution in [-0.2, 0) is 0 Å². The third-order valence-electron chi connectivity index (χ3n) is 9.76. The van der Waals surface area contributed by atoms with Crippen LogP contribution in [-0.4, -0.2) is 30.3 Å². The molecule has 0 fully saturated rings. The van der Waals surface area contributed by atoms with E-state index in [-0.39, 0.29) is 0 Å². The molecule has 0 saturated heterocycles. The summed E-state index contributed by atoms with van der Waals surface area (Å²) in [5.41, 5.74) is 8.58. The molecule has 0 radical (unpaired) electrons. The molecule has 7 aromatic rings. The Labute approximate surface area is 272 Å². The van der Waals surface area contributed by atoms with Gasteiger partial charge >= 0.3 is 0 Å². The third-order valence-corrected chi connectivity index (χ3v) is 13.3. The fourth-order valence-corrected chi connectivity index (χ4v) is 9.44. The molecule has 4 nitrogen and oxygen atoms in total. The van der Waals surface area contributed by atoms with Gasteiger partial charge in [-0.1, -0.05) is 108 Å². The fraction of sp³-hybridized carbons (Fsp3) is 0.146. The minimum atomic E-state index is -2.10. The Balaban J connectivity index is 1.24. The van der Waals surface area contributed by atoms with Gasteiger partial charge in [0.25, 0.3) is 0 Å². The summed E-state index contributed by atoms with van der Waals surface area (Å²) in [6.07, 6.45) is 1.93. The SMILES string of the molecule is CC(C)N1CN(c2cccc([Si](C)(C)c3ccc4c5ccccc5n(-c5cc(-c6ccccc6)ccn5)c4c3)c2)c2ccccc21. The van der Waals surface area contributed by atoms with Crippen molar-refractivity contribution in [2.45, 2.75) is 33.0 Å². The molecule has 8 rings (SSSR count). The van der Waals surface area contributed by atoms with Gasteiger partial charge in [0.15, 0.2) is 0 Å². The van der Waals surface area contributed by atoms with Gasteiger partial charge in [-0.15, -0.1) is 0 Å². The first kappa shape index (κ1) is 28.3. The van der Waals surface area contributed by atoms with Crippen molar-refractivity contribution in [1.29, 1.82) is 0 Å². The summed E-state index contributed by atoms with van der Waals surface area (Å²) in [6.45, 7) is 10.4. The number of pyridine rings is 1.